The van der Waals surface area contributed by atoms with E-state index in [1.807, 2.05) is 24.5 Å². The predicted molar refractivity (Wildman–Crippen MR) is 79.3 cm³/mol. The molecule has 112 valence electrons. The van der Waals surface area contributed by atoms with Gasteiger partial charge in [-0.15, -0.1) is 0 Å². The van der Waals surface area contributed by atoms with Crippen LogP contribution in [0.3, 0.4) is 0 Å². The van der Waals surface area contributed by atoms with E-state index in [1.54, 1.807) is 0 Å². The highest BCUT2D eigenvalue weighted by atomic mass is 16.2. The molecule has 1 fully saturated rings. The number of aromatic nitrogens is 2. The van der Waals surface area contributed by atoms with Crippen molar-refractivity contribution >= 4 is 5.91 Å². The van der Waals surface area contributed by atoms with Gasteiger partial charge in [0.05, 0.1) is 18.1 Å². The molecule has 2 rings (SSSR count). The summed E-state index contributed by atoms with van der Waals surface area (Å²) in [5.41, 5.74) is 1.20. The average Bonchev–Trinajstić information content (AvgIpc) is 2.90. The molecule has 5 nitrogen and oxygen atoms in total. The van der Waals surface area contributed by atoms with Crippen molar-refractivity contribution < 1.29 is 4.79 Å². The second-order valence-electron chi connectivity index (χ2n) is 5.56. The van der Waals surface area contributed by atoms with Crippen LogP contribution in [-0.2, 0) is 17.9 Å². The van der Waals surface area contributed by atoms with Crippen molar-refractivity contribution in [3.8, 4) is 0 Å². The summed E-state index contributed by atoms with van der Waals surface area (Å²) in [6.45, 7) is 7.81. The minimum Gasteiger partial charge on any atom is -0.343 e. The van der Waals surface area contributed by atoms with Crippen LogP contribution >= 0.6 is 0 Å². The summed E-state index contributed by atoms with van der Waals surface area (Å²) in [6.07, 6.45) is 6.99. The molecule has 1 aromatic rings. The van der Waals surface area contributed by atoms with Gasteiger partial charge in [0.15, 0.2) is 0 Å². The highest BCUT2D eigenvalue weighted by Crippen LogP contribution is 2.19. The van der Waals surface area contributed by atoms with Crippen molar-refractivity contribution in [2.45, 2.75) is 52.2 Å². The molecule has 0 N–H and O–H groups in total. The van der Waals surface area contributed by atoms with E-state index in [-0.39, 0.29) is 11.9 Å². The predicted octanol–water partition coefficient (Wildman–Crippen LogP) is 1.74. The Kier molecular flexibility index (Phi) is 5.17. The molecular formula is C15H26N4O. The third-order valence-corrected chi connectivity index (χ3v) is 4.16. The molecule has 1 amide bonds. The molecule has 1 saturated heterocycles. The van der Waals surface area contributed by atoms with E-state index in [9.17, 15) is 4.79 Å². The fraction of sp³-hybridized carbons (Fsp3) is 0.733. The number of aryl methyl sites for hydroxylation is 1. The molecule has 2 heterocycles. The van der Waals surface area contributed by atoms with E-state index in [0.717, 1.165) is 45.4 Å². The number of carbonyl (C=O) groups excluding carboxylic acids is 1. The van der Waals surface area contributed by atoms with Crippen molar-refractivity contribution in [3.63, 3.8) is 0 Å². The highest BCUT2D eigenvalue weighted by Gasteiger charge is 2.32. The number of piperazine rings is 1. The van der Waals surface area contributed by atoms with Crippen LogP contribution in [-0.4, -0.2) is 51.4 Å². The van der Waals surface area contributed by atoms with E-state index in [1.165, 1.54) is 5.69 Å². The van der Waals surface area contributed by atoms with Gasteiger partial charge in [-0.1, -0.05) is 19.8 Å². The van der Waals surface area contributed by atoms with Gasteiger partial charge >= 0.3 is 0 Å². The maximum atomic E-state index is 12.4. The molecule has 1 atom stereocenters. The number of hydrogen-bond donors (Lipinski definition) is 0. The summed E-state index contributed by atoms with van der Waals surface area (Å²) in [5.74, 6) is 0.271. The fourth-order valence-corrected chi connectivity index (χ4v) is 2.82. The van der Waals surface area contributed by atoms with Gasteiger partial charge in [0.1, 0.15) is 0 Å². The summed E-state index contributed by atoms with van der Waals surface area (Å²) in [4.78, 5) is 20.8. The number of rotatable bonds is 6. The Bertz CT molecular complexity index is 443. The number of hydrogen-bond acceptors (Lipinski definition) is 3. The van der Waals surface area contributed by atoms with Gasteiger partial charge in [0, 0.05) is 39.4 Å². The zero-order valence-electron chi connectivity index (χ0n) is 12.9. The number of unbranched alkanes of at least 4 members (excludes halogenated alkanes) is 1. The third kappa shape index (κ3) is 3.20. The van der Waals surface area contributed by atoms with Crippen LogP contribution < -0.4 is 0 Å². The maximum absolute atomic E-state index is 12.4. The average molecular weight is 278 g/mol. The van der Waals surface area contributed by atoms with Gasteiger partial charge in [-0.05, 0) is 13.3 Å². The monoisotopic (exact) mass is 278 g/mol. The Morgan fingerprint density at radius 3 is 2.85 bits per heavy atom. The molecule has 5 heteroatoms. The van der Waals surface area contributed by atoms with Crippen molar-refractivity contribution in [1.29, 1.82) is 0 Å². The van der Waals surface area contributed by atoms with E-state index >= 15 is 0 Å². The molecule has 0 radical (unpaired) electrons. The van der Waals surface area contributed by atoms with E-state index in [4.69, 9.17) is 0 Å². The number of nitrogens with zero attached hydrogens (tertiary/aromatic N) is 4. The quantitative estimate of drug-likeness (QED) is 0.796. The molecule has 0 bridgehead atoms. The van der Waals surface area contributed by atoms with Crippen molar-refractivity contribution in [2.75, 3.05) is 20.1 Å². The Labute approximate surface area is 121 Å². The lowest BCUT2D eigenvalue weighted by molar-refractivity contribution is -0.140. The van der Waals surface area contributed by atoms with Crippen LogP contribution in [0.1, 0.15) is 38.8 Å². The van der Waals surface area contributed by atoms with Gasteiger partial charge in [0.25, 0.3) is 0 Å². The van der Waals surface area contributed by atoms with Crippen LogP contribution in [0.5, 0.6) is 0 Å². The van der Waals surface area contributed by atoms with E-state index in [2.05, 4.69) is 28.3 Å². The zero-order valence-corrected chi connectivity index (χ0v) is 12.9. The Morgan fingerprint density at radius 2 is 2.15 bits per heavy atom. The van der Waals surface area contributed by atoms with Gasteiger partial charge < -0.3 is 9.47 Å². The third-order valence-electron chi connectivity index (χ3n) is 4.16. The largest absolute Gasteiger partial charge is 0.343 e. The lowest BCUT2D eigenvalue weighted by Gasteiger charge is -2.39. The smallest absolute Gasteiger partial charge is 0.239 e. The van der Waals surface area contributed by atoms with Crippen LogP contribution in [0, 0.1) is 0 Å². The van der Waals surface area contributed by atoms with Crippen LogP contribution in [0.4, 0.5) is 0 Å². The highest BCUT2D eigenvalue weighted by molar-refractivity contribution is 5.82. The first-order valence-corrected chi connectivity index (χ1v) is 7.65. The minimum atomic E-state index is 0.0360. The second kappa shape index (κ2) is 6.88. The normalized spacial score (nSPS) is 20.6. The maximum Gasteiger partial charge on any atom is 0.239 e. The second-order valence-corrected chi connectivity index (χ2v) is 5.56. The van der Waals surface area contributed by atoms with Gasteiger partial charge in [-0.25, -0.2) is 4.98 Å². The standard InChI is InChI=1S/C15H26N4O/c1-4-6-7-14-15(20)17(3)8-9-19(14)11-13-10-16-12-18(13)5-2/h10,12,14H,4-9,11H2,1-3H3/t14-/m0/s1. The first kappa shape index (κ1) is 15.0. The molecule has 0 spiro atoms. The SMILES string of the molecule is CCCC[C@H]1C(=O)N(C)CCN1Cc1cncn1CC. The number of carbonyl (C=O) groups is 1. The summed E-state index contributed by atoms with van der Waals surface area (Å²) in [5, 5.41) is 0. The molecule has 1 aromatic heterocycles. The van der Waals surface area contributed by atoms with Crippen LogP contribution in [0.25, 0.3) is 0 Å². The van der Waals surface area contributed by atoms with Crippen molar-refractivity contribution in [1.82, 2.24) is 19.4 Å². The lowest BCUT2D eigenvalue weighted by atomic mass is 10.0. The summed E-state index contributed by atoms with van der Waals surface area (Å²) >= 11 is 0. The van der Waals surface area contributed by atoms with Crippen LogP contribution in [0.2, 0.25) is 0 Å². The van der Waals surface area contributed by atoms with E-state index in [0.29, 0.717) is 0 Å². The molecule has 0 aliphatic carbocycles. The number of imidazole rings is 1. The Hall–Kier alpha value is -1.36. The summed E-state index contributed by atoms with van der Waals surface area (Å²) in [6, 6.07) is 0.0360. The molecule has 1 aliphatic heterocycles. The first-order valence-electron chi connectivity index (χ1n) is 7.65. The molecule has 0 aromatic carbocycles. The number of likely N-dealkylation sites (N-methyl/N-ethyl adjacent to an activating group) is 1. The van der Waals surface area contributed by atoms with E-state index < -0.39 is 0 Å². The molecule has 0 unspecified atom stereocenters. The number of amides is 1. The Morgan fingerprint density at radius 1 is 1.35 bits per heavy atom. The van der Waals surface area contributed by atoms with Crippen molar-refractivity contribution in [2.24, 2.45) is 0 Å². The summed E-state index contributed by atoms with van der Waals surface area (Å²) < 4.78 is 2.15. The van der Waals surface area contributed by atoms with Crippen LogP contribution in [0.15, 0.2) is 12.5 Å². The lowest BCUT2D eigenvalue weighted by Crippen LogP contribution is -2.55. The minimum absolute atomic E-state index is 0.0360. The Balaban J connectivity index is 2.09. The molecule has 20 heavy (non-hydrogen) atoms. The molecule has 1 aliphatic rings. The van der Waals surface area contributed by atoms with Gasteiger partial charge in [-0.2, -0.15) is 0 Å². The molecule has 0 saturated carbocycles. The van der Waals surface area contributed by atoms with Gasteiger partial charge in [0.2, 0.25) is 5.91 Å². The zero-order chi connectivity index (χ0) is 14.5. The first-order chi connectivity index (χ1) is 9.67. The van der Waals surface area contributed by atoms with Gasteiger partial charge in [-0.3, -0.25) is 9.69 Å². The topological polar surface area (TPSA) is 41.4 Å². The molecular weight excluding hydrogens is 252 g/mol. The van der Waals surface area contributed by atoms with Crippen molar-refractivity contribution in [3.05, 3.63) is 18.2 Å². The fourth-order valence-electron chi connectivity index (χ4n) is 2.82. The summed E-state index contributed by atoms with van der Waals surface area (Å²) in [7, 11) is 1.91.